The number of aliphatic hydroxyl groups is 1. The molecule has 0 aliphatic carbocycles. The average molecular weight is 124 g/mol. The lowest BCUT2D eigenvalue weighted by Gasteiger charge is -1.83. The van der Waals surface area contributed by atoms with Gasteiger partial charge in [-0.15, -0.1) is 5.92 Å². The Morgan fingerprint density at radius 2 is 2.33 bits per heavy atom. The molecule has 0 radical (unpaired) electrons. The van der Waals surface area contributed by atoms with E-state index in [0.29, 0.717) is 0 Å². The second-order valence-electron chi connectivity index (χ2n) is 1.66. The van der Waals surface area contributed by atoms with Crippen molar-refractivity contribution < 1.29 is 5.11 Å². The number of unbranched alkanes of at least 4 members (excludes halogenated alkanes) is 1. The van der Waals surface area contributed by atoms with E-state index in [1.807, 2.05) is 12.2 Å². The Labute approximate surface area is 56.4 Å². The molecule has 0 aliphatic rings. The SMILES string of the molecule is CC#CC=CCCCO. The number of aliphatic hydroxyl groups excluding tert-OH is 1. The predicted octanol–water partition coefficient (Wildman–Crippen LogP) is 1.34. The molecule has 0 unspecified atom stereocenters. The van der Waals surface area contributed by atoms with Crippen molar-refractivity contribution in [2.24, 2.45) is 0 Å². The summed E-state index contributed by atoms with van der Waals surface area (Å²) in [5.74, 6) is 5.54. The van der Waals surface area contributed by atoms with Crippen molar-refractivity contribution >= 4 is 0 Å². The Hall–Kier alpha value is -0.740. The van der Waals surface area contributed by atoms with Crippen molar-refractivity contribution in [1.29, 1.82) is 0 Å². The van der Waals surface area contributed by atoms with Gasteiger partial charge in [-0.1, -0.05) is 12.0 Å². The zero-order chi connectivity index (χ0) is 6.95. The molecule has 1 nitrogen and oxygen atoms in total. The van der Waals surface area contributed by atoms with E-state index < -0.39 is 0 Å². The third kappa shape index (κ3) is 7.26. The largest absolute Gasteiger partial charge is 0.396 e. The fourth-order valence-corrected chi connectivity index (χ4v) is 0.435. The minimum atomic E-state index is 0.268. The Morgan fingerprint density at radius 3 is 2.89 bits per heavy atom. The van der Waals surface area contributed by atoms with Crippen LogP contribution in [-0.4, -0.2) is 11.7 Å². The zero-order valence-corrected chi connectivity index (χ0v) is 5.72. The first kappa shape index (κ1) is 8.26. The van der Waals surface area contributed by atoms with Gasteiger partial charge in [0.2, 0.25) is 0 Å². The maximum atomic E-state index is 8.35. The van der Waals surface area contributed by atoms with Crippen LogP contribution in [0.4, 0.5) is 0 Å². The Bertz CT molecular complexity index is 125. The molecule has 9 heavy (non-hydrogen) atoms. The van der Waals surface area contributed by atoms with E-state index in [0.717, 1.165) is 12.8 Å². The van der Waals surface area contributed by atoms with Crippen LogP contribution in [-0.2, 0) is 0 Å². The molecule has 1 heteroatoms. The van der Waals surface area contributed by atoms with Crippen LogP contribution >= 0.6 is 0 Å². The molecule has 0 aromatic heterocycles. The first-order valence-corrected chi connectivity index (χ1v) is 3.10. The molecule has 0 atom stereocenters. The summed E-state index contributed by atoms with van der Waals surface area (Å²) < 4.78 is 0. The van der Waals surface area contributed by atoms with Gasteiger partial charge in [-0.05, 0) is 25.8 Å². The van der Waals surface area contributed by atoms with E-state index in [1.165, 1.54) is 0 Å². The van der Waals surface area contributed by atoms with Gasteiger partial charge in [-0.3, -0.25) is 0 Å². The van der Waals surface area contributed by atoms with Gasteiger partial charge >= 0.3 is 0 Å². The summed E-state index contributed by atoms with van der Waals surface area (Å²) in [5, 5.41) is 8.35. The molecule has 50 valence electrons. The number of allylic oxidation sites excluding steroid dienone is 2. The van der Waals surface area contributed by atoms with Crippen molar-refractivity contribution in [3.05, 3.63) is 12.2 Å². The molecule has 0 aromatic carbocycles. The molecule has 0 spiro atoms. The summed E-state index contributed by atoms with van der Waals surface area (Å²) in [6.45, 7) is 2.07. The molecule has 0 rings (SSSR count). The fraction of sp³-hybridized carbons (Fsp3) is 0.500. The van der Waals surface area contributed by atoms with Crippen LogP contribution in [0.5, 0.6) is 0 Å². The summed E-state index contributed by atoms with van der Waals surface area (Å²) in [6, 6.07) is 0. The number of rotatable bonds is 3. The third-order valence-corrected chi connectivity index (χ3v) is 0.874. The Morgan fingerprint density at radius 1 is 1.56 bits per heavy atom. The lowest BCUT2D eigenvalue weighted by atomic mass is 10.3. The normalized spacial score (nSPS) is 9.11. The predicted molar refractivity (Wildman–Crippen MR) is 38.9 cm³/mol. The first-order valence-electron chi connectivity index (χ1n) is 3.10. The van der Waals surface area contributed by atoms with Crippen LogP contribution < -0.4 is 0 Å². The molecule has 0 bridgehead atoms. The van der Waals surface area contributed by atoms with Crippen molar-refractivity contribution in [2.45, 2.75) is 19.8 Å². The molecule has 0 saturated heterocycles. The summed E-state index contributed by atoms with van der Waals surface area (Å²) in [4.78, 5) is 0. The molecule has 0 aliphatic heterocycles. The highest BCUT2D eigenvalue weighted by atomic mass is 16.2. The molecule has 0 aromatic rings. The van der Waals surface area contributed by atoms with E-state index in [2.05, 4.69) is 11.8 Å². The maximum absolute atomic E-state index is 8.35. The van der Waals surface area contributed by atoms with Crippen molar-refractivity contribution in [2.75, 3.05) is 6.61 Å². The summed E-state index contributed by atoms with van der Waals surface area (Å²) in [5.41, 5.74) is 0. The van der Waals surface area contributed by atoms with Crippen LogP contribution in [0.1, 0.15) is 19.8 Å². The van der Waals surface area contributed by atoms with E-state index >= 15 is 0 Å². The van der Waals surface area contributed by atoms with Crippen molar-refractivity contribution in [1.82, 2.24) is 0 Å². The highest BCUT2D eigenvalue weighted by molar-refractivity contribution is 5.13. The van der Waals surface area contributed by atoms with Gasteiger partial charge < -0.3 is 5.11 Å². The third-order valence-electron chi connectivity index (χ3n) is 0.874. The van der Waals surface area contributed by atoms with Crippen LogP contribution in [0.25, 0.3) is 0 Å². The quantitative estimate of drug-likeness (QED) is 0.444. The highest BCUT2D eigenvalue weighted by Crippen LogP contribution is 1.87. The van der Waals surface area contributed by atoms with Gasteiger partial charge in [-0.25, -0.2) is 0 Å². The van der Waals surface area contributed by atoms with E-state index in [9.17, 15) is 0 Å². The minimum Gasteiger partial charge on any atom is -0.396 e. The summed E-state index contributed by atoms with van der Waals surface area (Å²) in [6.07, 6.45) is 5.54. The summed E-state index contributed by atoms with van der Waals surface area (Å²) in [7, 11) is 0. The standard InChI is InChI=1S/C8H12O/c1-2-3-4-5-6-7-8-9/h4-5,9H,6-8H2,1H3. The van der Waals surface area contributed by atoms with Crippen LogP contribution in [0, 0.1) is 11.8 Å². The second-order valence-corrected chi connectivity index (χ2v) is 1.66. The molecular formula is C8H12O. The Balaban J connectivity index is 3.11. The number of hydrogen-bond acceptors (Lipinski definition) is 1. The summed E-state index contributed by atoms with van der Waals surface area (Å²) >= 11 is 0. The smallest absolute Gasteiger partial charge is 0.0433 e. The molecule has 0 fully saturated rings. The lowest BCUT2D eigenvalue weighted by molar-refractivity contribution is 0.289. The van der Waals surface area contributed by atoms with Gasteiger partial charge in [0.05, 0.1) is 0 Å². The first-order chi connectivity index (χ1) is 4.41. The Kier molecular flexibility index (Phi) is 6.66. The average Bonchev–Trinajstić information content (AvgIpc) is 1.89. The van der Waals surface area contributed by atoms with Crippen LogP contribution in [0.15, 0.2) is 12.2 Å². The zero-order valence-electron chi connectivity index (χ0n) is 5.72. The topological polar surface area (TPSA) is 20.2 Å². The molecular weight excluding hydrogens is 112 g/mol. The van der Waals surface area contributed by atoms with Gasteiger partial charge in [0, 0.05) is 6.61 Å². The van der Waals surface area contributed by atoms with Gasteiger partial charge in [0.25, 0.3) is 0 Å². The van der Waals surface area contributed by atoms with Crippen molar-refractivity contribution in [3.8, 4) is 11.8 Å². The van der Waals surface area contributed by atoms with E-state index in [1.54, 1.807) is 6.92 Å². The van der Waals surface area contributed by atoms with Gasteiger partial charge in [0.1, 0.15) is 0 Å². The maximum Gasteiger partial charge on any atom is 0.0433 e. The van der Waals surface area contributed by atoms with E-state index in [-0.39, 0.29) is 6.61 Å². The molecule has 0 saturated carbocycles. The number of hydrogen-bond donors (Lipinski definition) is 1. The van der Waals surface area contributed by atoms with Gasteiger partial charge in [-0.2, -0.15) is 0 Å². The fourth-order valence-electron chi connectivity index (χ4n) is 0.435. The van der Waals surface area contributed by atoms with Crippen molar-refractivity contribution in [3.63, 3.8) is 0 Å². The molecule has 0 heterocycles. The lowest BCUT2D eigenvalue weighted by Crippen LogP contribution is -1.77. The van der Waals surface area contributed by atoms with Crippen LogP contribution in [0.2, 0.25) is 0 Å². The molecule has 0 amide bonds. The minimum absolute atomic E-state index is 0.268. The van der Waals surface area contributed by atoms with Gasteiger partial charge in [0.15, 0.2) is 0 Å². The highest BCUT2D eigenvalue weighted by Gasteiger charge is 1.75. The molecule has 1 N–H and O–H groups in total. The second kappa shape index (κ2) is 7.26. The van der Waals surface area contributed by atoms with E-state index in [4.69, 9.17) is 5.11 Å². The van der Waals surface area contributed by atoms with Crippen LogP contribution in [0.3, 0.4) is 0 Å². The monoisotopic (exact) mass is 124 g/mol.